The van der Waals surface area contributed by atoms with Crippen LogP contribution in [0, 0.1) is 0 Å². The summed E-state index contributed by atoms with van der Waals surface area (Å²) in [5.74, 6) is 0. The van der Waals surface area contributed by atoms with Crippen molar-refractivity contribution >= 4 is 0 Å². The second-order valence-electron chi connectivity index (χ2n) is 5.28. The van der Waals surface area contributed by atoms with E-state index in [1.807, 2.05) is 59.5 Å². The highest BCUT2D eigenvalue weighted by Gasteiger charge is 2.12. The van der Waals surface area contributed by atoms with E-state index in [-0.39, 0.29) is 6.61 Å². The second-order valence-corrected chi connectivity index (χ2v) is 5.28. The highest BCUT2D eigenvalue weighted by molar-refractivity contribution is 5.62. The summed E-state index contributed by atoms with van der Waals surface area (Å²) in [5, 5.41) is 17.0. The molecule has 0 atom stereocenters. The molecule has 0 aliphatic rings. The number of hydrogen-bond acceptors (Lipinski definition) is 4. The Morgan fingerprint density at radius 3 is 2.70 bits per heavy atom. The molecule has 0 saturated heterocycles. The summed E-state index contributed by atoms with van der Waals surface area (Å²) in [7, 11) is 0. The van der Waals surface area contributed by atoms with Crippen LogP contribution in [0.3, 0.4) is 0 Å². The maximum Gasteiger partial charge on any atom is 0.0988 e. The SMILES string of the molecule is OCCCNCc1cn(-c2ccccc2)nc1-c1cccnc1. The molecule has 0 aliphatic heterocycles. The molecule has 0 amide bonds. The number of benzene rings is 1. The van der Waals surface area contributed by atoms with Crippen molar-refractivity contribution in [2.24, 2.45) is 0 Å². The van der Waals surface area contributed by atoms with Crippen LogP contribution < -0.4 is 5.32 Å². The summed E-state index contributed by atoms with van der Waals surface area (Å²) in [6.45, 7) is 1.68. The molecule has 0 fully saturated rings. The highest BCUT2D eigenvalue weighted by Crippen LogP contribution is 2.22. The fraction of sp³-hybridized carbons (Fsp3) is 0.222. The van der Waals surface area contributed by atoms with Crippen molar-refractivity contribution in [2.45, 2.75) is 13.0 Å². The Hall–Kier alpha value is -2.50. The number of rotatable bonds is 7. The minimum atomic E-state index is 0.200. The van der Waals surface area contributed by atoms with Gasteiger partial charge in [-0.15, -0.1) is 0 Å². The van der Waals surface area contributed by atoms with Crippen LogP contribution in [0.15, 0.2) is 61.1 Å². The summed E-state index contributed by atoms with van der Waals surface area (Å²) < 4.78 is 1.89. The number of hydrogen-bond donors (Lipinski definition) is 2. The van der Waals surface area contributed by atoms with Gasteiger partial charge in [0.25, 0.3) is 0 Å². The number of para-hydroxylation sites is 1. The van der Waals surface area contributed by atoms with Gasteiger partial charge in [-0.05, 0) is 37.2 Å². The van der Waals surface area contributed by atoms with Crippen LogP contribution in [-0.2, 0) is 6.54 Å². The Morgan fingerprint density at radius 1 is 1.09 bits per heavy atom. The van der Waals surface area contributed by atoms with Crippen molar-refractivity contribution in [3.05, 3.63) is 66.6 Å². The van der Waals surface area contributed by atoms with Crippen LogP contribution in [0.2, 0.25) is 0 Å². The number of aliphatic hydroxyl groups excluding tert-OH is 1. The van der Waals surface area contributed by atoms with Gasteiger partial charge >= 0.3 is 0 Å². The summed E-state index contributed by atoms with van der Waals surface area (Å²) in [6.07, 6.45) is 6.38. The zero-order valence-corrected chi connectivity index (χ0v) is 12.9. The first-order valence-corrected chi connectivity index (χ1v) is 7.74. The lowest BCUT2D eigenvalue weighted by Gasteiger charge is -2.03. The fourth-order valence-corrected chi connectivity index (χ4v) is 2.43. The van der Waals surface area contributed by atoms with Gasteiger partial charge in [0, 0.05) is 42.9 Å². The van der Waals surface area contributed by atoms with E-state index in [1.54, 1.807) is 6.20 Å². The average Bonchev–Trinajstić information content (AvgIpc) is 3.04. The van der Waals surface area contributed by atoms with Crippen molar-refractivity contribution in [1.82, 2.24) is 20.1 Å². The van der Waals surface area contributed by atoms with E-state index in [9.17, 15) is 0 Å². The van der Waals surface area contributed by atoms with Crippen LogP contribution in [0.5, 0.6) is 0 Å². The number of nitrogens with one attached hydrogen (secondary N) is 1. The van der Waals surface area contributed by atoms with Crippen molar-refractivity contribution in [2.75, 3.05) is 13.2 Å². The standard InChI is InChI=1S/C18H20N4O/c23-11-5-10-20-13-16-14-22(17-7-2-1-3-8-17)21-18(16)15-6-4-9-19-12-15/h1-4,6-9,12,14,20,23H,5,10-11,13H2. The van der Waals surface area contributed by atoms with E-state index in [0.717, 1.165) is 35.5 Å². The fourth-order valence-electron chi connectivity index (χ4n) is 2.43. The summed E-state index contributed by atoms with van der Waals surface area (Å²) in [6, 6.07) is 14.0. The Kier molecular flexibility index (Phi) is 5.13. The third kappa shape index (κ3) is 3.83. The minimum absolute atomic E-state index is 0.200. The molecule has 5 heteroatoms. The Labute approximate surface area is 135 Å². The first-order valence-electron chi connectivity index (χ1n) is 7.74. The molecule has 3 aromatic rings. The molecule has 3 rings (SSSR count). The van der Waals surface area contributed by atoms with E-state index in [0.29, 0.717) is 6.54 Å². The maximum atomic E-state index is 8.88. The van der Waals surface area contributed by atoms with Crippen LogP contribution in [0.25, 0.3) is 16.9 Å². The van der Waals surface area contributed by atoms with Gasteiger partial charge in [-0.3, -0.25) is 4.98 Å². The minimum Gasteiger partial charge on any atom is -0.396 e. The molecule has 118 valence electrons. The molecule has 1 aromatic carbocycles. The Bertz CT molecular complexity index is 725. The smallest absolute Gasteiger partial charge is 0.0988 e. The maximum absolute atomic E-state index is 8.88. The van der Waals surface area contributed by atoms with Gasteiger partial charge in [-0.25, -0.2) is 4.68 Å². The largest absolute Gasteiger partial charge is 0.396 e. The molecule has 2 N–H and O–H groups in total. The van der Waals surface area contributed by atoms with Gasteiger partial charge < -0.3 is 10.4 Å². The molecule has 5 nitrogen and oxygen atoms in total. The Morgan fingerprint density at radius 2 is 1.96 bits per heavy atom. The predicted octanol–water partition coefficient (Wildman–Crippen LogP) is 2.41. The summed E-state index contributed by atoms with van der Waals surface area (Å²) in [4.78, 5) is 4.19. The molecule has 0 unspecified atom stereocenters. The molecule has 0 spiro atoms. The number of nitrogens with zero attached hydrogens (tertiary/aromatic N) is 3. The molecule has 2 aromatic heterocycles. The van der Waals surface area contributed by atoms with E-state index < -0.39 is 0 Å². The first kappa shape index (κ1) is 15.4. The van der Waals surface area contributed by atoms with Gasteiger partial charge in [-0.1, -0.05) is 18.2 Å². The zero-order valence-electron chi connectivity index (χ0n) is 12.9. The highest BCUT2D eigenvalue weighted by atomic mass is 16.3. The summed E-state index contributed by atoms with van der Waals surface area (Å²) in [5.41, 5.74) is 4.07. The second kappa shape index (κ2) is 7.67. The zero-order chi connectivity index (χ0) is 15.9. The Balaban J connectivity index is 1.90. The van der Waals surface area contributed by atoms with Crippen LogP contribution in [0.1, 0.15) is 12.0 Å². The van der Waals surface area contributed by atoms with Crippen LogP contribution in [-0.4, -0.2) is 33.0 Å². The summed E-state index contributed by atoms with van der Waals surface area (Å²) >= 11 is 0. The van der Waals surface area contributed by atoms with Gasteiger partial charge in [0.05, 0.1) is 11.4 Å². The lowest BCUT2D eigenvalue weighted by atomic mass is 10.1. The topological polar surface area (TPSA) is 63.0 Å². The number of aliphatic hydroxyl groups is 1. The van der Waals surface area contributed by atoms with E-state index >= 15 is 0 Å². The lowest BCUT2D eigenvalue weighted by molar-refractivity contribution is 0.286. The van der Waals surface area contributed by atoms with Crippen molar-refractivity contribution < 1.29 is 5.11 Å². The quantitative estimate of drug-likeness (QED) is 0.658. The van der Waals surface area contributed by atoms with E-state index in [1.165, 1.54) is 0 Å². The van der Waals surface area contributed by atoms with Gasteiger partial charge in [-0.2, -0.15) is 5.10 Å². The van der Waals surface area contributed by atoms with Gasteiger partial charge in [0.15, 0.2) is 0 Å². The first-order chi connectivity index (χ1) is 11.4. The van der Waals surface area contributed by atoms with Gasteiger partial charge in [0.2, 0.25) is 0 Å². The molecule has 23 heavy (non-hydrogen) atoms. The van der Waals surface area contributed by atoms with Gasteiger partial charge in [0.1, 0.15) is 0 Å². The molecular formula is C18H20N4O. The van der Waals surface area contributed by atoms with E-state index in [2.05, 4.69) is 10.3 Å². The molecular weight excluding hydrogens is 288 g/mol. The molecule has 2 heterocycles. The van der Waals surface area contributed by atoms with Crippen LogP contribution in [0.4, 0.5) is 0 Å². The third-order valence-corrected chi connectivity index (χ3v) is 3.57. The molecule has 0 aliphatic carbocycles. The van der Waals surface area contributed by atoms with Crippen molar-refractivity contribution in [3.63, 3.8) is 0 Å². The lowest BCUT2D eigenvalue weighted by Crippen LogP contribution is -2.15. The van der Waals surface area contributed by atoms with Crippen LogP contribution >= 0.6 is 0 Å². The number of pyridine rings is 1. The van der Waals surface area contributed by atoms with Crippen molar-refractivity contribution in [3.8, 4) is 16.9 Å². The number of aromatic nitrogens is 3. The predicted molar refractivity (Wildman–Crippen MR) is 90.2 cm³/mol. The van der Waals surface area contributed by atoms with Crippen molar-refractivity contribution in [1.29, 1.82) is 0 Å². The molecule has 0 saturated carbocycles. The average molecular weight is 308 g/mol. The normalized spacial score (nSPS) is 10.8. The molecule has 0 radical (unpaired) electrons. The third-order valence-electron chi connectivity index (χ3n) is 3.57. The van der Waals surface area contributed by atoms with E-state index in [4.69, 9.17) is 10.2 Å². The molecule has 0 bridgehead atoms. The monoisotopic (exact) mass is 308 g/mol.